The molecule has 1 aromatic rings. The van der Waals surface area contributed by atoms with Crippen LogP contribution in [0, 0.1) is 10.1 Å². The molecule has 6 nitrogen and oxygen atoms in total. The Bertz CT molecular complexity index is 536. The van der Waals surface area contributed by atoms with Gasteiger partial charge >= 0.3 is 0 Å². The van der Waals surface area contributed by atoms with E-state index in [1.54, 1.807) is 24.1 Å². The molecule has 0 aliphatic carbocycles. The van der Waals surface area contributed by atoms with Gasteiger partial charge in [0, 0.05) is 37.2 Å². The summed E-state index contributed by atoms with van der Waals surface area (Å²) >= 11 is 1.83. The van der Waals surface area contributed by atoms with Crippen LogP contribution in [0.3, 0.4) is 0 Å². The highest BCUT2D eigenvalue weighted by atomic mass is 32.2. The predicted molar refractivity (Wildman–Crippen MR) is 80.5 cm³/mol. The number of amides is 1. The predicted octanol–water partition coefficient (Wildman–Crippen LogP) is 2.21. The molecule has 1 amide bonds. The summed E-state index contributed by atoms with van der Waals surface area (Å²) in [7, 11) is 1.59. The second-order valence-electron chi connectivity index (χ2n) is 4.64. The van der Waals surface area contributed by atoms with Gasteiger partial charge in [0.1, 0.15) is 5.69 Å². The van der Waals surface area contributed by atoms with Crippen LogP contribution in [0.25, 0.3) is 0 Å². The quantitative estimate of drug-likeness (QED) is 0.683. The average Bonchev–Trinajstić information content (AvgIpc) is 2.45. The van der Waals surface area contributed by atoms with Crippen LogP contribution in [-0.4, -0.2) is 46.9 Å². The third kappa shape index (κ3) is 2.87. The molecule has 20 heavy (non-hydrogen) atoms. The van der Waals surface area contributed by atoms with Crippen LogP contribution < -0.4 is 5.32 Å². The maximum absolute atomic E-state index is 12.6. The standard InChI is InChI=1S/C13H17N3O3S/c1-9-8-15(6-7-20-9)13(17)10-4-3-5-11(16(18)19)12(10)14-2/h3-5,9,14H,6-8H2,1-2H3. The minimum Gasteiger partial charge on any atom is -0.382 e. The lowest BCUT2D eigenvalue weighted by Gasteiger charge is -2.31. The van der Waals surface area contributed by atoms with Gasteiger partial charge in [-0.3, -0.25) is 14.9 Å². The molecule has 2 rings (SSSR count). The molecule has 1 heterocycles. The first-order valence-corrected chi connectivity index (χ1v) is 7.45. The molecule has 1 fully saturated rings. The number of hydrogen-bond donors (Lipinski definition) is 1. The molecule has 0 radical (unpaired) electrons. The molecule has 0 bridgehead atoms. The first-order chi connectivity index (χ1) is 9.54. The van der Waals surface area contributed by atoms with Crippen molar-refractivity contribution in [2.75, 3.05) is 31.2 Å². The Morgan fingerprint density at radius 1 is 1.55 bits per heavy atom. The number of nitrogens with zero attached hydrogens (tertiary/aromatic N) is 2. The van der Waals surface area contributed by atoms with Gasteiger partial charge in [-0.15, -0.1) is 0 Å². The van der Waals surface area contributed by atoms with E-state index in [2.05, 4.69) is 12.2 Å². The Hall–Kier alpha value is -1.76. The Morgan fingerprint density at radius 3 is 2.90 bits per heavy atom. The molecule has 7 heteroatoms. The summed E-state index contributed by atoms with van der Waals surface area (Å²) in [4.78, 5) is 24.9. The molecule has 0 spiro atoms. The Kier molecular flexibility index (Phi) is 4.49. The van der Waals surface area contributed by atoms with Crippen LogP contribution in [0.2, 0.25) is 0 Å². The summed E-state index contributed by atoms with van der Waals surface area (Å²) in [5.74, 6) is 0.752. The number of hydrogen-bond acceptors (Lipinski definition) is 5. The molecule has 1 aliphatic heterocycles. The molecule has 1 atom stereocenters. The van der Waals surface area contributed by atoms with Gasteiger partial charge in [-0.2, -0.15) is 11.8 Å². The summed E-state index contributed by atoms with van der Waals surface area (Å²) in [5.41, 5.74) is 0.576. The van der Waals surface area contributed by atoms with E-state index in [-0.39, 0.29) is 17.3 Å². The highest BCUT2D eigenvalue weighted by Crippen LogP contribution is 2.29. The van der Waals surface area contributed by atoms with E-state index in [1.165, 1.54) is 6.07 Å². The zero-order chi connectivity index (χ0) is 14.7. The van der Waals surface area contributed by atoms with Crippen molar-refractivity contribution >= 4 is 29.0 Å². The maximum atomic E-state index is 12.6. The lowest BCUT2D eigenvalue weighted by molar-refractivity contribution is -0.384. The van der Waals surface area contributed by atoms with Crippen molar-refractivity contribution < 1.29 is 9.72 Å². The minimum atomic E-state index is -0.475. The number of rotatable bonds is 3. The van der Waals surface area contributed by atoms with Crippen LogP contribution in [0.4, 0.5) is 11.4 Å². The lowest BCUT2D eigenvalue weighted by atomic mass is 10.1. The second kappa shape index (κ2) is 6.13. The number of thioether (sulfide) groups is 1. The molecule has 108 valence electrons. The summed E-state index contributed by atoms with van der Waals surface area (Å²) in [6.07, 6.45) is 0. The van der Waals surface area contributed by atoms with Crippen molar-refractivity contribution in [2.24, 2.45) is 0 Å². The number of benzene rings is 1. The Balaban J connectivity index is 2.34. The molecular formula is C13H17N3O3S. The van der Waals surface area contributed by atoms with E-state index < -0.39 is 4.92 Å². The van der Waals surface area contributed by atoms with Gasteiger partial charge < -0.3 is 10.2 Å². The van der Waals surface area contributed by atoms with Gasteiger partial charge in [-0.1, -0.05) is 13.0 Å². The number of carbonyl (C=O) groups excluding carboxylic acids is 1. The molecule has 0 aromatic heterocycles. The fraction of sp³-hybridized carbons (Fsp3) is 0.462. The molecular weight excluding hydrogens is 278 g/mol. The largest absolute Gasteiger partial charge is 0.382 e. The first-order valence-electron chi connectivity index (χ1n) is 6.40. The SMILES string of the molecule is CNc1c(C(=O)N2CCSC(C)C2)cccc1[N+](=O)[O-]. The van der Waals surface area contributed by atoms with Crippen LogP contribution in [0.15, 0.2) is 18.2 Å². The van der Waals surface area contributed by atoms with Crippen LogP contribution in [0.5, 0.6) is 0 Å². The number of para-hydroxylation sites is 1. The molecule has 1 aromatic carbocycles. The van der Waals surface area contributed by atoms with E-state index in [0.717, 1.165) is 5.75 Å². The van der Waals surface area contributed by atoms with Gasteiger partial charge in [-0.05, 0) is 6.07 Å². The highest BCUT2D eigenvalue weighted by Gasteiger charge is 2.27. The zero-order valence-corrected chi connectivity index (χ0v) is 12.3. The smallest absolute Gasteiger partial charge is 0.293 e. The lowest BCUT2D eigenvalue weighted by Crippen LogP contribution is -2.41. The van der Waals surface area contributed by atoms with E-state index >= 15 is 0 Å². The third-order valence-corrected chi connectivity index (χ3v) is 4.38. The highest BCUT2D eigenvalue weighted by molar-refractivity contribution is 7.99. The van der Waals surface area contributed by atoms with E-state index in [1.807, 2.05) is 11.8 Å². The molecule has 1 saturated heterocycles. The van der Waals surface area contributed by atoms with E-state index in [9.17, 15) is 14.9 Å². The van der Waals surface area contributed by atoms with Crippen LogP contribution in [-0.2, 0) is 0 Å². The van der Waals surface area contributed by atoms with E-state index in [0.29, 0.717) is 23.9 Å². The number of nitrogens with one attached hydrogen (secondary N) is 1. The summed E-state index contributed by atoms with van der Waals surface area (Å²) in [5, 5.41) is 14.2. The number of anilines is 1. The van der Waals surface area contributed by atoms with Gasteiger partial charge in [0.15, 0.2) is 0 Å². The molecule has 0 saturated carbocycles. The molecule has 1 N–H and O–H groups in total. The van der Waals surface area contributed by atoms with Crippen molar-refractivity contribution in [3.63, 3.8) is 0 Å². The Morgan fingerprint density at radius 2 is 2.30 bits per heavy atom. The summed E-state index contributed by atoms with van der Waals surface area (Å²) in [6.45, 7) is 3.44. The van der Waals surface area contributed by atoms with Crippen LogP contribution >= 0.6 is 11.8 Å². The van der Waals surface area contributed by atoms with Gasteiger partial charge in [-0.25, -0.2) is 0 Å². The topological polar surface area (TPSA) is 75.5 Å². The summed E-state index contributed by atoms with van der Waals surface area (Å²) < 4.78 is 0. The number of nitro benzene ring substituents is 1. The average molecular weight is 295 g/mol. The van der Waals surface area contributed by atoms with Gasteiger partial charge in [0.2, 0.25) is 0 Å². The minimum absolute atomic E-state index is 0.0715. The number of nitro groups is 1. The van der Waals surface area contributed by atoms with Crippen LogP contribution in [0.1, 0.15) is 17.3 Å². The second-order valence-corrected chi connectivity index (χ2v) is 6.19. The third-order valence-electron chi connectivity index (χ3n) is 3.25. The van der Waals surface area contributed by atoms with Gasteiger partial charge in [0.25, 0.3) is 11.6 Å². The molecule has 1 unspecified atom stereocenters. The monoisotopic (exact) mass is 295 g/mol. The van der Waals surface area contributed by atoms with Gasteiger partial charge in [0.05, 0.1) is 10.5 Å². The zero-order valence-electron chi connectivity index (χ0n) is 11.5. The maximum Gasteiger partial charge on any atom is 0.293 e. The van der Waals surface area contributed by atoms with Crippen molar-refractivity contribution in [1.29, 1.82) is 0 Å². The molecule has 1 aliphatic rings. The Labute approximate surface area is 121 Å². The van der Waals surface area contributed by atoms with E-state index in [4.69, 9.17) is 0 Å². The van der Waals surface area contributed by atoms with Crippen molar-refractivity contribution in [2.45, 2.75) is 12.2 Å². The van der Waals surface area contributed by atoms with Crippen molar-refractivity contribution in [3.8, 4) is 0 Å². The summed E-state index contributed by atoms with van der Waals surface area (Å²) in [6, 6.07) is 4.58. The number of carbonyl (C=O) groups is 1. The fourth-order valence-corrected chi connectivity index (χ4v) is 3.32. The van der Waals surface area contributed by atoms with Crippen molar-refractivity contribution in [1.82, 2.24) is 4.90 Å². The fourth-order valence-electron chi connectivity index (χ4n) is 2.31. The first kappa shape index (κ1) is 14.6. The normalized spacial score (nSPS) is 18.7. The van der Waals surface area contributed by atoms with Crippen molar-refractivity contribution in [3.05, 3.63) is 33.9 Å².